The average Bonchev–Trinajstić information content (AvgIpc) is 3.47. The molecule has 33 heavy (non-hydrogen) atoms. The van der Waals surface area contributed by atoms with Gasteiger partial charge in [-0.2, -0.15) is 0 Å². The minimum absolute atomic E-state index is 0.304. The van der Waals surface area contributed by atoms with E-state index in [-0.39, 0.29) is 17.6 Å². The van der Waals surface area contributed by atoms with E-state index in [4.69, 9.17) is 5.11 Å². The van der Waals surface area contributed by atoms with Gasteiger partial charge in [0.2, 0.25) is 0 Å². The first kappa shape index (κ1) is 21.8. The number of aromatic nitrogens is 1. The van der Waals surface area contributed by atoms with E-state index in [0.717, 1.165) is 41.9 Å². The Labute approximate surface area is 191 Å². The number of hydrogen-bond donors (Lipinski definition) is 2. The van der Waals surface area contributed by atoms with Gasteiger partial charge in [0.1, 0.15) is 5.82 Å². The third-order valence-electron chi connectivity index (χ3n) is 7.30. The SMILES string of the molecule is CC1(C)Cc2c([nH]c3ccccc23)C(c2ccc(/C=C/C(=O)O)cc2F)N1CC1(CF)CC1. The van der Waals surface area contributed by atoms with Crippen molar-refractivity contribution in [2.75, 3.05) is 13.2 Å². The largest absolute Gasteiger partial charge is 0.478 e. The lowest BCUT2D eigenvalue weighted by molar-refractivity contribution is -0.131. The molecule has 2 aromatic carbocycles. The molecule has 2 N–H and O–H groups in total. The molecule has 0 bridgehead atoms. The summed E-state index contributed by atoms with van der Waals surface area (Å²) < 4.78 is 29.5. The number of H-pyrrole nitrogens is 1. The Hall–Kier alpha value is -2.99. The van der Waals surface area contributed by atoms with Crippen molar-refractivity contribution < 1.29 is 18.7 Å². The van der Waals surface area contributed by atoms with Crippen molar-refractivity contribution >= 4 is 22.9 Å². The predicted molar refractivity (Wildman–Crippen MR) is 125 cm³/mol. The molecule has 172 valence electrons. The van der Waals surface area contributed by atoms with E-state index in [2.05, 4.69) is 29.8 Å². The van der Waals surface area contributed by atoms with Gasteiger partial charge in [0.25, 0.3) is 0 Å². The van der Waals surface area contributed by atoms with Gasteiger partial charge in [0.15, 0.2) is 0 Å². The maximum Gasteiger partial charge on any atom is 0.328 e. The second kappa shape index (κ2) is 7.80. The van der Waals surface area contributed by atoms with Crippen LogP contribution < -0.4 is 0 Å². The number of halogens is 2. The number of aromatic amines is 1. The maximum absolute atomic E-state index is 15.6. The highest BCUT2D eigenvalue weighted by atomic mass is 19.1. The molecule has 1 atom stereocenters. The van der Waals surface area contributed by atoms with E-state index in [0.29, 0.717) is 17.7 Å². The van der Waals surface area contributed by atoms with Crippen molar-refractivity contribution in [3.05, 3.63) is 76.7 Å². The van der Waals surface area contributed by atoms with Crippen LogP contribution in [0.1, 0.15) is 55.1 Å². The number of nitrogens with one attached hydrogen (secondary N) is 1. The molecule has 6 heteroatoms. The molecule has 3 aromatic rings. The normalized spacial score (nSPS) is 21.4. The number of rotatable bonds is 6. The molecule has 0 saturated heterocycles. The molecular formula is C27H28F2N2O2. The molecule has 2 aliphatic rings. The summed E-state index contributed by atoms with van der Waals surface area (Å²) in [4.78, 5) is 16.7. The lowest BCUT2D eigenvalue weighted by Gasteiger charge is -2.49. The highest BCUT2D eigenvalue weighted by molar-refractivity contribution is 5.86. The zero-order valence-electron chi connectivity index (χ0n) is 18.9. The highest BCUT2D eigenvalue weighted by Crippen LogP contribution is 2.52. The summed E-state index contributed by atoms with van der Waals surface area (Å²) >= 11 is 0. The summed E-state index contributed by atoms with van der Waals surface area (Å²) in [5, 5.41) is 10.0. The number of carboxylic acid groups (broad SMARTS) is 1. The smallest absolute Gasteiger partial charge is 0.328 e. The molecule has 1 fully saturated rings. The van der Waals surface area contributed by atoms with Gasteiger partial charge in [-0.15, -0.1) is 0 Å². The number of carbonyl (C=O) groups is 1. The molecule has 1 aromatic heterocycles. The summed E-state index contributed by atoms with van der Waals surface area (Å²) in [6, 6.07) is 12.6. The molecule has 1 aliphatic carbocycles. The highest BCUT2D eigenvalue weighted by Gasteiger charge is 2.51. The van der Waals surface area contributed by atoms with Crippen LogP contribution >= 0.6 is 0 Å². The summed E-state index contributed by atoms with van der Waals surface area (Å²) in [6.07, 6.45) is 4.87. The average molecular weight is 451 g/mol. The molecule has 0 radical (unpaired) electrons. The fraction of sp³-hybridized carbons (Fsp3) is 0.370. The fourth-order valence-corrected chi connectivity index (χ4v) is 5.22. The minimum Gasteiger partial charge on any atom is -0.478 e. The quantitative estimate of drug-likeness (QED) is 0.461. The van der Waals surface area contributed by atoms with E-state index in [1.54, 1.807) is 12.1 Å². The summed E-state index contributed by atoms with van der Waals surface area (Å²) in [5.74, 6) is -1.48. The Kier molecular flexibility index (Phi) is 5.16. The lowest BCUT2D eigenvalue weighted by atomic mass is 9.80. The van der Waals surface area contributed by atoms with Gasteiger partial charge in [-0.25, -0.2) is 9.18 Å². The van der Waals surface area contributed by atoms with Gasteiger partial charge in [0.05, 0.1) is 12.7 Å². The Morgan fingerprint density at radius 1 is 1.24 bits per heavy atom. The number of hydrogen-bond acceptors (Lipinski definition) is 2. The zero-order chi connectivity index (χ0) is 23.4. The Balaban J connectivity index is 1.66. The van der Waals surface area contributed by atoms with Crippen LogP contribution in [0.15, 0.2) is 48.5 Å². The monoisotopic (exact) mass is 450 g/mol. The topological polar surface area (TPSA) is 56.3 Å². The van der Waals surface area contributed by atoms with Gasteiger partial charge < -0.3 is 10.1 Å². The number of para-hydroxylation sites is 1. The molecule has 5 rings (SSSR count). The minimum atomic E-state index is -1.08. The molecule has 1 saturated carbocycles. The van der Waals surface area contributed by atoms with Crippen molar-refractivity contribution in [3.8, 4) is 0 Å². The van der Waals surface area contributed by atoms with E-state index in [9.17, 15) is 9.18 Å². The Bertz CT molecular complexity index is 1260. The van der Waals surface area contributed by atoms with Crippen LogP contribution in [0.3, 0.4) is 0 Å². The first-order valence-electron chi connectivity index (χ1n) is 11.4. The van der Waals surface area contributed by atoms with E-state index >= 15 is 4.39 Å². The van der Waals surface area contributed by atoms with Gasteiger partial charge in [-0.1, -0.05) is 30.3 Å². The van der Waals surface area contributed by atoms with Crippen LogP contribution in [0.25, 0.3) is 17.0 Å². The number of carboxylic acids is 1. The van der Waals surface area contributed by atoms with Crippen LogP contribution in [0.5, 0.6) is 0 Å². The molecule has 4 nitrogen and oxygen atoms in total. The summed E-state index contributed by atoms with van der Waals surface area (Å²) in [6.45, 7) is 4.51. The first-order valence-corrected chi connectivity index (χ1v) is 11.4. The van der Waals surface area contributed by atoms with Crippen molar-refractivity contribution in [2.24, 2.45) is 5.41 Å². The number of fused-ring (bicyclic) bond motifs is 3. The lowest BCUT2D eigenvalue weighted by Crippen LogP contribution is -2.53. The molecule has 2 heterocycles. The van der Waals surface area contributed by atoms with Crippen molar-refractivity contribution in [3.63, 3.8) is 0 Å². The summed E-state index contributed by atoms with van der Waals surface area (Å²) in [5.41, 5.74) is 3.49. The third-order valence-corrected chi connectivity index (χ3v) is 7.30. The molecule has 1 unspecified atom stereocenters. The number of nitrogens with zero attached hydrogens (tertiary/aromatic N) is 1. The van der Waals surface area contributed by atoms with E-state index < -0.39 is 17.8 Å². The van der Waals surface area contributed by atoms with E-state index in [1.807, 2.05) is 18.2 Å². The van der Waals surface area contributed by atoms with Gasteiger partial charge in [-0.3, -0.25) is 9.29 Å². The maximum atomic E-state index is 15.6. The fourth-order valence-electron chi connectivity index (χ4n) is 5.22. The van der Waals surface area contributed by atoms with Crippen molar-refractivity contribution in [1.82, 2.24) is 9.88 Å². The predicted octanol–water partition coefficient (Wildman–Crippen LogP) is 5.88. The number of alkyl halides is 1. The second-order valence-electron chi connectivity index (χ2n) is 10.2. The molecule has 0 spiro atoms. The molecule has 1 aliphatic heterocycles. The van der Waals surface area contributed by atoms with Crippen LogP contribution in [0, 0.1) is 11.2 Å². The zero-order valence-corrected chi connectivity index (χ0v) is 18.9. The Morgan fingerprint density at radius 2 is 2.00 bits per heavy atom. The number of benzene rings is 2. The van der Waals surface area contributed by atoms with Gasteiger partial charge in [-0.05, 0) is 62.4 Å². The van der Waals surface area contributed by atoms with Crippen LogP contribution in [0.4, 0.5) is 8.78 Å². The molecule has 0 amide bonds. The standard InChI is InChI=1S/C27H28F2N2O2/c1-26(2)14-20-18-5-3-4-6-22(18)30-24(20)25(31(26)16-27(15-28)11-12-27)19-9-7-17(13-21(19)29)8-10-23(32)33/h3-10,13,25,30H,11-12,14-16H2,1-2H3,(H,32,33)/b10-8+. The molecular weight excluding hydrogens is 422 g/mol. The first-order chi connectivity index (χ1) is 15.7. The summed E-state index contributed by atoms with van der Waals surface area (Å²) in [7, 11) is 0. The van der Waals surface area contributed by atoms with Gasteiger partial charge >= 0.3 is 5.97 Å². The third kappa shape index (κ3) is 3.86. The van der Waals surface area contributed by atoms with Crippen LogP contribution in [-0.4, -0.2) is 39.7 Å². The second-order valence-corrected chi connectivity index (χ2v) is 10.2. The van der Waals surface area contributed by atoms with Crippen LogP contribution in [0.2, 0.25) is 0 Å². The van der Waals surface area contributed by atoms with E-state index in [1.165, 1.54) is 17.7 Å². The van der Waals surface area contributed by atoms with Crippen molar-refractivity contribution in [2.45, 2.75) is 44.7 Å². The van der Waals surface area contributed by atoms with Crippen LogP contribution in [-0.2, 0) is 11.2 Å². The Morgan fingerprint density at radius 3 is 2.67 bits per heavy atom. The number of aliphatic carboxylic acids is 1. The van der Waals surface area contributed by atoms with Crippen molar-refractivity contribution in [1.29, 1.82) is 0 Å². The van der Waals surface area contributed by atoms with Gasteiger partial charge in [0, 0.05) is 45.7 Å².